The van der Waals surface area contributed by atoms with E-state index in [1.165, 1.54) is 12.8 Å². The van der Waals surface area contributed by atoms with E-state index in [9.17, 15) is 4.79 Å². The van der Waals surface area contributed by atoms with Crippen LogP contribution in [0.4, 0.5) is 0 Å². The molecule has 0 spiro atoms. The maximum Gasteiger partial charge on any atom is 0.225 e. The van der Waals surface area contributed by atoms with E-state index < -0.39 is 0 Å². The minimum absolute atomic E-state index is 0.219. The maximum atomic E-state index is 12.6. The number of likely N-dealkylation sites (tertiary alicyclic amines) is 1. The van der Waals surface area contributed by atoms with Gasteiger partial charge < -0.3 is 10.2 Å². The molecule has 1 aliphatic heterocycles. The predicted octanol–water partition coefficient (Wildman–Crippen LogP) is 3.30. The van der Waals surface area contributed by atoms with Crippen LogP contribution in [0.15, 0.2) is 0 Å². The van der Waals surface area contributed by atoms with Gasteiger partial charge >= 0.3 is 0 Å². The molecule has 3 heteroatoms. The van der Waals surface area contributed by atoms with Gasteiger partial charge in [0.15, 0.2) is 0 Å². The highest BCUT2D eigenvalue weighted by Crippen LogP contribution is 2.23. The highest BCUT2D eigenvalue weighted by Gasteiger charge is 2.31. The molecule has 0 aromatic carbocycles. The highest BCUT2D eigenvalue weighted by atomic mass is 16.2. The lowest BCUT2D eigenvalue weighted by molar-refractivity contribution is -0.138. The van der Waals surface area contributed by atoms with Gasteiger partial charge in [0.1, 0.15) is 0 Å². The first kappa shape index (κ1) is 17.5. The number of nitrogens with zero attached hydrogens (tertiary/aromatic N) is 1. The maximum absolute atomic E-state index is 12.6. The lowest BCUT2D eigenvalue weighted by Crippen LogP contribution is -2.53. The zero-order valence-electron chi connectivity index (χ0n) is 14.1. The third-order valence-corrected chi connectivity index (χ3v) is 4.58. The fraction of sp³-hybridized carbons (Fsp3) is 0.941. The monoisotopic (exact) mass is 282 g/mol. The second-order valence-electron chi connectivity index (χ2n) is 6.77. The van der Waals surface area contributed by atoms with Gasteiger partial charge in [-0.15, -0.1) is 0 Å². The Morgan fingerprint density at radius 1 is 1.20 bits per heavy atom. The summed E-state index contributed by atoms with van der Waals surface area (Å²) in [5.74, 6) is 1.92. The molecule has 2 atom stereocenters. The first-order valence-electron chi connectivity index (χ1n) is 8.53. The summed E-state index contributed by atoms with van der Waals surface area (Å²) in [6.45, 7) is 13.9. The number of piperidine rings is 1. The van der Waals surface area contributed by atoms with Crippen molar-refractivity contribution in [2.75, 3.05) is 19.6 Å². The minimum atomic E-state index is 0.219. The predicted molar refractivity (Wildman–Crippen MR) is 85.7 cm³/mol. The van der Waals surface area contributed by atoms with Crippen LogP contribution in [0.1, 0.15) is 60.3 Å². The Bertz CT molecular complexity index is 287. The Morgan fingerprint density at radius 3 is 2.35 bits per heavy atom. The molecule has 1 amide bonds. The second-order valence-corrected chi connectivity index (χ2v) is 6.77. The number of amides is 1. The molecule has 3 nitrogen and oxygen atoms in total. The quantitative estimate of drug-likeness (QED) is 0.777. The molecule has 0 aliphatic carbocycles. The van der Waals surface area contributed by atoms with Crippen LogP contribution in [-0.2, 0) is 4.79 Å². The molecule has 20 heavy (non-hydrogen) atoms. The molecule has 118 valence electrons. The zero-order valence-corrected chi connectivity index (χ0v) is 14.1. The van der Waals surface area contributed by atoms with Gasteiger partial charge in [-0.05, 0) is 37.6 Å². The minimum Gasteiger partial charge on any atom is -0.341 e. The normalized spacial score (nSPS) is 23.6. The van der Waals surface area contributed by atoms with Crippen molar-refractivity contribution in [3.8, 4) is 0 Å². The van der Waals surface area contributed by atoms with Gasteiger partial charge in [0.05, 0.1) is 0 Å². The van der Waals surface area contributed by atoms with Gasteiger partial charge in [0.25, 0.3) is 0 Å². The number of rotatable bonds is 7. The number of carbonyl (C=O) groups is 1. The molecule has 1 aliphatic rings. The summed E-state index contributed by atoms with van der Waals surface area (Å²) >= 11 is 0. The molecule has 0 aromatic rings. The molecule has 1 N–H and O–H groups in total. The van der Waals surface area contributed by atoms with Crippen molar-refractivity contribution in [3.05, 3.63) is 0 Å². The van der Waals surface area contributed by atoms with Crippen LogP contribution < -0.4 is 5.32 Å². The van der Waals surface area contributed by atoms with Gasteiger partial charge in [-0.25, -0.2) is 0 Å². The van der Waals surface area contributed by atoms with Gasteiger partial charge in [-0.1, -0.05) is 41.0 Å². The Hall–Kier alpha value is -0.570. The summed E-state index contributed by atoms with van der Waals surface area (Å²) in [5, 5.41) is 3.65. The lowest BCUT2D eigenvalue weighted by Gasteiger charge is -2.39. The van der Waals surface area contributed by atoms with Crippen molar-refractivity contribution < 1.29 is 4.79 Å². The largest absolute Gasteiger partial charge is 0.341 e. The first-order chi connectivity index (χ1) is 9.51. The molecule has 1 fully saturated rings. The molecule has 0 aromatic heterocycles. The molecule has 0 saturated carbocycles. The van der Waals surface area contributed by atoms with E-state index in [1.54, 1.807) is 0 Å². The van der Waals surface area contributed by atoms with E-state index in [-0.39, 0.29) is 5.92 Å². The Morgan fingerprint density at radius 2 is 1.85 bits per heavy atom. The summed E-state index contributed by atoms with van der Waals surface area (Å²) in [6, 6.07) is 0.481. The summed E-state index contributed by atoms with van der Waals surface area (Å²) < 4.78 is 0. The topological polar surface area (TPSA) is 32.3 Å². The van der Waals surface area contributed by atoms with Gasteiger partial charge in [-0.2, -0.15) is 0 Å². The molecular weight excluding hydrogens is 248 g/mol. The Labute approximate surface area is 125 Å². The van der Waals surface area contributed by atoms with E-state index in [0.29, 0.717) is 23.8 Å². The third-order valence-electron chi connectivity index (χ3n) is 4.58. The van der Waals surface area contributed by atoms with E-state index >= 15 is 0 Å². The third kappa shape index (κ3) is 5.08. The molecule has 1 heterocycles. The Kier molecular flexibility index (Phi) is 7.57. The fourth-order valence-corrected chi connectivity index (χ4v) is 3.13. The molecule has 0 bridgehead atoms. The zero-order chi connectivity index (χ0) is 15.1. The molecule has 1 rings (SSSR count). The van der Waals surface area contributed by atoms with Crippen LogP contribution in [0.3, 0.4) is 0 Å². The van der Waals surface area contributed by atoms with Crippen LogP contribution in [0.2, 0.25) is 0 Å². The Balaban J connectivity index is 2.63. The molecule has 2 unspecified atom stereocenters. The van der Waals surface area contributed by atoms with Crippen LogP contribution >= 0.6 is 0 Å². The van der Waals surface area contributed by atoms with Crippen molar-refractivity contribution in [2.24, 2.45) is 17.8 Å². The van der Waals surface area contributed by atoms with Crippen LogP contribution in [0, 0.1) is 17.8 Å². The van der Waals surface area contributed by atoms with Crippen LogP contribution in [-0.4, -0.2) is 36.5 Å². The summed E-state index contributed by atoms with van der Waals surface area (Å²) in [5.41, 5.74) is 0. The van der Waals surface area contributed by atoms with Crippen molar-refractivity contribution in [1.29, 1.82) is 0 Å². The van der Waals surface area contributed by atoms with Crippen molar-refractivity contribution >= 4 is 5.91 Å². The highest BCUT2D eigenvalue weighted by molar-refractivity contribution is 5.78. The van der Waals surface area contributed by atoms with E-state index in [0.717, 1.165) is 32.5 Å². The molecule has 0 radical (unpaired) electrons. The second kappa shape index (κ2) is 8.66. The number of hydrogen-bond donors (Lipinski definition) is 1. The van der Waals surface area contributed by atoms with Gasteiger partial charge in [0.2, 0.25) is 5.91 Å². The molecular formula is C17H34N2O. The van der Waals surface area contributed by atoms with Gasteiger partial charge in [0, 0.05) is 25.0 Å². The summed E-state index contributed by atoms with van der Waals surface area (Å²) in [6.07, 6.45) is 4.32. The van der Waals surface area contributed by atoms with E-state index in [4.69, 9.17) is 0 Å². The van der Waals surface area contributed by atoms with Crippen LogP contribution in [0.5, 0.6) is 0 Å². The number of carbonyl (C=O) groups excluding carboxylic acids is 1. The number of hydrogen-bond acceptors (Lipinski definition) is 2. The summed E-state index contributed by atoms with van der Waals surface area (Å²) in [7, 11) is 0. The van der Waals surface area contributed by atoms with Crippen molar-refractivity contribution in [2.45, 2.75) is 66.3 Å². The van der Waals surface area contributed by atoms with Gasteiger partial charge in [-0.3, -0.25) is 4.79 Å². The SMILES string of the molecule is CCC1CC(NCC(C)C)CN(C(=O)C(CC)CC)C1. The average Bonchev–Trinajstić information content (AvgIpc) is 2.45. The van der Waals surface area contributed by atoms with Crippen molar-refractivity contribution in [3.63, 3.8) is 0 Å². The average molecular weight is 282 g/mol. The first-order valence-corrected chi connectivity index (χ1v) is 8.53. The van der Waals surface area contributed by atoms with Crippen LogP contribution in [0.25, 0.3) is 0 Å². The van der Waals surface area contributed by atoms with E-state index in [1.807, 2.05) is 0 Å². The fourth-order valence-electron chi connectivity index (χ4n) is 3.13. The van der Waals surface area contributed by atoms with Crippen molar-refractivity contribution in [1.82, 2.24) is 10.2 Å². The van der Waals surface area contributed by atoms with E-state index in [2.05, 4.69) is 44.8 Å². The standard InChI is InChI=1S/C17H34N2O/c1-6-14-9-16(18-10-13(4)5)12-19(11-14)17(20)15(7-2)8-3/h13-16,18H,6-12H2,1-5H3. The smallest absolute Gasteiger partial charge is 0.225 e. The summed E-state index contributed by atoms with van der Waals surface area (Å²) in [4.78, 5) is 14.7. The molecule has 1 saturated heterocycles. The number of nitrogens with one attached hydrogen (secondary N) is 1. The lowest BCUT2D eigenvalue weighted by atomic mass is 9.90.